The number of carbonyl (C=O) groups excluding carboxylic acids is 2. The molecule has 1 N–H and O–H groups in total. The molecule has 0 aliphatic carbocycles. The summed E-state index contributed by atoms with van der Waals surface area (Å²) in [5.41, 5.74) is -1.02. The zero-order valence-electron chi connectivity index (χ0n) is 17.4. The maximum absolute atomic E-state index is 12.3. The molecule has 1 amide bonds. The summed E-state index contributed by atoms with van der Waals surface area (Å²) in [5.74, 6) is -0.477. The first-order valence-corrected chi connectivity index (χ1v) is 9.85. The molecule has 0 fully saturated rings. The van der Waals surface area contributed by atoms with E-state index in [9.17, 15) is 24.5 Å². The Morgan fingerprint density at radius 1 is 1.03 bits per heavy atom. The number of furan rings is 1. The van der Waals surface area contributed by atoms with Gasteiger partial charge in [-0.15, -0.1) is 0 Å². The van der Waals surface area contributed by atoms with E-state index in [-0.39, 0.29) is 34.9 Å². The molecule has 11 heteroatoms. The van der Waals surface area contributed by atoms with Gasteiger partial charge in [0.1, 0.15) is 28.4 Å². The molecule has 0 bridgehead atoms. The molecule has 0 aliphatic rings. The monoisotopic (exact) mass is 464 g/mol. The van der Waals surface area contributed by atoms with Crippen LogP contribution in [0.1, 0.15) is 16.1 Å². The van der Waals surface area contributed by atoms with Crippen LogP contribution in [0.2, 0.25) is 0 Å². The highest BCUT2D eigenvalue weighted by Crippen LogP contribution is 2.21. The average molecular weight is 464 g/mol. The van der Waals surface area contributed by atoms with Crippen molar-refractivity contribution >= 4 is 28.5 Å². The van der Waals surface area contributed by atoms with Crippen molar-refractivity contribution in [3.8, 4) is 11.5 Å². The van der Waals surface area contributed by atoms with Crippen molar-refractivity contribution < 1.29 is 32.8 Å². The first-order chi connectivity index (χ1) is 16.4. The molecule has 0 spiro atoms. The van der Waals surface area contributed by atoms with Crippen LogP contribution in [-0.4, -0.2) is 23.4 Å². The summed E-state index contributed by atoms with van der Waals surface area (Å²) < 4.78 is 20.8. The second kappa shape index (κ2) is 9.69. The van der Waals surface area contributed by atoms with Crippen molar-refractivity contribution in [1.82, 2.24) is 5.32 Å². The van der Waals surface area contributed by atoms with Gasteiger partial charge in [0.2, 0.25) is 0 Å². The fraction of sp³-hybridized carbons (Fsp3) is 0.0870. The highest BCUT2D eigenvalue weighted by atomic mass is 16.6. The number of ether oxygens (including phenoxy) is 2. The SMILES string of the molecule is O=C(COc1ccc([N+](=O)[O-])cc1)Oc1ccc2cc(C(=O)NCc3ccco3)c(=O)oc2c1. The normalized spacial score (nSPS) is 10.6. The van der Waals surface area contributed by atoms with Gasteiger partial charge in [0.05, 0.1) is 17.7 Å². The van der Waals surface area contributed by atoms with Crippen LogP contribution in [0.15, 0.2) is 80.6 Å². The van der Waals surface area contributed by atoms with Crippen molar-refractivity contribution in [1.29, 1.82) is 0 Å². The van der Waals surface area contributed by atoms with Crippen molar-refractivity contribution in [3.05, 3.63) is 98.8 Å². The lowest BCUT2D eigenvalue weighted by Crippen LogP contribution is -2.27. The van der Waals surface area contributed by atoms with Gasteiger partial charge in [-0.1, -0.05) is 0 Å². The predicted octanol–water partition coefficient (Wildman–Crippen LogP) is 3.21. The average Bonchev–Trinajstić information content (AvgIpc) is 3.35. The molecule has 4 rings (SSSR count). The standard InChI is InChI=1S/C23H16N2O9/c26-21(13-32-16-7-4-15(5-8-16)25(29)30)33-17-6-3-14-10-19(23(28)34-20(14)11-17)22(27)24-12-18-2-1-9-31-18/h1-11H,12-13H2,(H,24,27). The first-order valence-electron chi connectivity index (χ1n) is 9.85. The Balaban J connectivity index is 1.39. The third kappa shape index (κ3) is 5.27. The highest BCUT2D eigenvalue weighted by Gasteiger charge is 2.15. The van der Waals surface area contributed by atoms with Crippen LogP contribution < -0.4 is 20.4 Å². The number of hydrogen-bond donors (Lipinski definition) is 1. The van der Waals surface area contributed by atoms with Crippen LogP contribution in [0.5, 0.6) is 11.5 Å². The molecule has 0 aliphatic heterocycles. The number of nitro groups is 1. The van der Waals surface area contributed by atoms with Gasteiger partial charge in [0, 0.05) is 23.6 Å². The minimum Gasteiger partial charge on any atom is -0.482 e. The Kier molecular flexibility index (Phi) is 6.35. The largest absolute Gasteiger partial charge is 0.482 e. The van der Waals surface area contributed by atoms with E-state index < -0.39 is 29.0 Å². The molecule has 0 atom stereocenters. The topological polar surface area (TPSA) is 151 Å². The minimum atomic E-state index is -0.852. The number of hydrogen-bond acceptors (Lipinski definition) is 9. The summed E-state index contributed by atoms with van der Waals surface area (Å²) in [4.78, 5) is 46.8. The zero-order chi connectivity index (χ0) is 24.1. The second-order valence-corrected chi connectivity index (χ2v) is 6.92. The Morgan fingerprint density at radius 2 is 1.79 bits per heavy atom. The molecular weight excluding hydrogens is 448 g/mol. The summed E-state index contributed by atoms with van der Waals surface area (Å²) >= 11 is 0. The fourth-order valence-corrected chi connectivity index (χ4v) is 2.96. The lowest BCUT2D eigenvalue weighted by Gasteiger charge is -2.08. The summed E-state index contributed by atoms with van der Waals surface area (Å²) in [6.45, 7) is -0.339. The van der Waals surface area contributed by atoms with Crippen molar-refractivity contribution in [2.75, 3.05) is 6.61 Å². The Bertz CT molecular complexity index is 1410. The molecule has 0 saturated carbocycles. The third-order valence-electron chi connectivity index (χ3n) is 4.59. The zero-order valence-corrected chi connectivity index (χ0v) is 17.4. The van der Waals surface area contributed by atoms with Crippen LogP contribution in [0.25, 0.3) is 11.0 Å². The van der Waals surface area contributed by atoms with E-state index in [2.05, 4.69) is 5.32 Å². The summed E-state index contributed by atoms with van der Waals surface area (Å²) in [6.07, 6.45) is 1.47. The Labute approximate surface area is 190 Å². The molecule has 0 unspecified atom stereocenters. The number of non-ortho nitro benzene ring substituents is 1. The molecule has 2 aromatic heterocycles. The highest BCUT2D eigenvalue weighted by molar-refractivity contribution is 5.96. The Hall–Kier alpha value is -4.93. The maximum Gasteiger partial charge on any atom is 0.349 e. The van der Waals surface area contributed by atoms with E-state index in [1.807, 2.05) is 0 Å². The lowest BCUT2D eigenvalue weighted by atomic mass is 10.1. The number of nitrogens with zero attached hydrogens (tertiary/aromatic N) is 1. The van der Waals surface area contributed by atoms with Gasteiger partial charge in [-0.05, 0) is 42.5 Å². The van der Waals surface area contributed by atoms with Gasteiger partial charge in [0.25, 0.3) is 11.6 Å². The number of nitro benzene ring substituents is 1. The van der Waals surface area contributed by atoms with E-state index >= 15 is 0 Å². The van der Waals surface area contributed by atoms with Gasteiger partial charge in [-0.3, -0.25) is 14.9 Å². The van der Waals surface area contributed by atoms with Crippen LogP contribution in [-0.2, 0) is 11.3 Å². The Morgan fingerprint density at radius 3 is 2.50 bits per heavy atom. The van der Waals surface area contributed by atoms with E-state index in [0.29, 0.717) is 11.1 Å². The summed E-state index contributed by atoms with van der Waals surface area (Å²) in [5, 5.41) is 13.7. The fourth-order valence-electron chi connectivity index (χ4n) is 2.96. The van der Waals surface area contributed by atoms with Gasteiger partial charge in [-0.25, -0.2) is 9.59 Å². The minimum absolute atomic E-state index is 0.1000. The van der Waals surface area contributed by atoms with Crippen LogP contribution >= 0.6 is 0 Å². The molecular formula is C23H16N2O9. The van der Waals surface area contributed by atoms with E-state index in [1.165, 1.54) is 54.8 Å². The van der Waals surface area contributed by atoms with Gasteiger partial charge in [-0.2, -0.15) is 0 Å². The number of benzene rings is 2. The number of carbonyl (C=O) groups is 2. The van der Waals surface area contributed by atoms with Crippen molar-refractivity contribution in [2.45, 2.75) is 6.54 Å². The molecule has 0 saturated heterocycles. The molecule has 2 heterocycles. The van der Waals surface area contributed by atoms with Crippen LogP contribution in [0, 0.1) is 10.1 Å². The second-order valence-electron chi connectivity index (χ2n) is 6.92. The van der Waals surface area contributed by atoms with E-state index in [1.54, 1.807) is 12.1 Å². The van der Waals surface area contributed by atoms with E-state index in [0.717, 1.165) is 0 Å². The molecule has 4 aromatic rings. The van der Waals surface area contributed by atoms with Crippen molar-refractivity contribution in [2.24, 2.45) is 0 Å². The van der Waals surface area contributed by atoms with Crippen molar-refractivity contribution in [3.63, 3.8) is 0 Å². The predicted molar refractivity (Wildman–Crippen MR) is 117 cm³/mol. The van der Waals surface area contributed by atoms with Gasteiger partial charge < -0.3 is 23.6 Å². The molecule has 172 valence electrons. The molecule has 34 heavy (non-hydrogen) atoms. The number of nitrogens with one attached hydrogen (secondary N) is 1. The third-order valence-corrected chi connectivity index (χ3v) is 4.59. The molecule has 11 nitrogen and oxygen atoms in total. The quantitative estimate of drug-likeness (QED) is 0.136. The number of rotatable bonds is 8. The summed E-state index contributed by atoms with van der Waals surface area (Å²) in [6, 6.07) is 14.3. The first kappa shape index (κ1) is 22.3. The number of fused-ring (bicyclic) bond motifs is 1. The smallest absolute Gasteiger partial charge is 0.349 e. The molecule has 2 aromatic carbocycles. The maximum atomic E-state index is 12.3. The van der Waals surface area contributed by atoms with E-state index in [4.69, 9.17) is 18.3 Å². The van der Waals surface area contributed by atoms with Crippen LogP contribution in [0.4, 0.5) is 5.69 Å². The lowest BCUT2D eigenvalue weighted by molar-refractivity contribution is -0.384. The van der Waals surface area contributed by atoms with Crippen LogP contribution in [0.3, 0.4) is 0 Å². The van der Waals surface area contributed by atoms with Gasteiger partial charge in [0.15, 0.2) is 6.61 Å². The molecule has 0 radical (unpaired) electrons. The number of amides is 1. The van der Waals surface area contributed by atoms with Gasteiger partial charge >= 0.3 is 11.6 Å². The number of esters is 1. The summed E-state index contributed by atoms with van der Waals surface area (Å²) in [7, 11) is 0.